The summed E-state index contributed by atoms with van der Waals surface area (Å²) < 4.78 is 2.42. The lowest BCUT2D eigenvalue weighted by atomic mass is 9.63. The monoisotopic (exact) mass is 786 g/mol. The molecule has 4 aliphatic carbocycles. The predicted molar refractivity (Wildman–Crippen MR) is 256 cm³/mol. The Morgan fingerprint density at radius 1 is 0.361 bits per heavy atom. The van der Waals surface area contributed by atoms with Crippen molar-refractivity contribution in [3.8, 4) is 39.1 Å². The fourth-order valence-electron chi connectivity index (χ4n) is 11.9. The van der Waals surface area contributed by atoms with Crippen LogP contribution in [0.4, 0.5) is 17.1 Å². The van der Waals surface area contributed by atoms with Crippen LogP contribution in [0.5, 0.6) is 0 Å². The standard InChI is InChI=1S/C59H50N2/c1-3-13-44(14-4-1)46-24-30-59(56(38-46)45-15-5-2-6-16-45)60(49-26-28-50(29-27-49)61-57-21-11-9-19-53(57)54-20-10-12-22-58(54)61)51-25-23-48-37-43-34-40-31-41(35-43)33-42(32-40)36-47-17-7-8-18-52(47)55(48)39-51/h1-30,38-43H,31-37H2. The normalized spacial score (nSPS) is 19.3. The molecule has 8 aromatic carbocycles. The van der Waals surface area contributed by atoms with E-state index in [4.69, 9.17) is 0 Å². The Bertz CT molecular complexity index is 2960. The van der Waals surface area contributed by atoms with Crippen LogP contribution in [0.3, 0.4) is 0 Å². The van der Waals surface area contributed by atoms with E-state index in [0.29, 0.717) is 0 Å². The molecule has 296 valence electrons. The lowest BCUT2D eigenvalue weighted by molar-refractivity contribution is 0.0973. The van der Waals surface area contributed by atoms with E-state index in [9.17, 15) is 0 Å². The molecule has 2 atom stereocenters. The number of nitrogens with zero attached hydrogens (tertiary/aromatic N) is 2. The predicted octanol–water partition coefficient (Wildman–Crippen LogP) is 15.8. The van der Waals surface area contributed by atoms with Gasteiger partial charge in [-0.1, -0.05) is 133 Å². The van der Waals surface area contributed by atoms with Crippen LogP contribution in [0.2, 0.25) is 0 Å². The number of rotatable bonds is 6. The molecule has 13 rings (SSSR count). The number of hydrogen-bond donors (Lipinski definition) is 0. The number of anilines is 3. The van der Waals surface area contributed by atoms with Gasteiger partial charge in [0.05, 0.1) is 16.7 Å². The Labute approximate surface area is 359 Å². The fourth-order valence-corrected chi connectivity index (χ4v) is 11.9. The molecule has 4 aliphatic rings. The van der Waals surface area contributed by atoms with E-state index in [-0.39, 0.29) is 0 Å². The molecule has 0 spiro atoms. The van der Waals surface area contributed by atoms with Crippen LogP contribution in [0.1, 0.15) is 43.2 Å². The first-order valence-electron chi connectivity index (χ1n) is 22.5. The highest BCUT2D eigenvalue weighted by molar-refractivity contribution is 6.09. The van der Waals surface area contributed by atoms with Crippen molar-refractivity contribution in [3.63, 3.8) is 0 Å². The van der Waals surface area contributed by atoms with E-state index in [1.54, 1.807) is 0 Å². The summed E-state index contributed by atoms with van der Waals surface area (Å²) >= 11 is 0. The Hall–Kier alpha value is -6.64. The molecule has 2 nitrogen and oxygen atoms in total. The minimum Gasteiger partial charge on any atom is -0.310 e. The maximum atomic E-state index is 2.54. The second-order valence-corrected chi connectivity index (χ2v) is 18.2. The van der Waals surface area contributed by atoms with Crippen molar-refractivity contribution in [2.45, 2.75) is 44.9 Å². The zero-order valence-electron chi connectivity index (χ0n) is 34.6. The maximum absolute atomic E-state index is 2.54. The van der Waals surface area contributed by atoms with Gasteiger partial charge in [-0.2, -0.15) is 0 Å². The van der Waals surface area contributed by atoms with Crippen molar-refractivity contribution >= 4 is 38.9 Å². The van der Waals surface area contributed by atoms with Crippen LogP contribution in [0, 0.1) is 23.7 Å². The summed E-state index contributed by atoms with van der Waals surface area (Å²) in [6.07, 6.45) is 9.40. The number of benzene rings is 8. The minimum absolute atomic E-state index is 0.763. The molecule has 0 radical (unpaired) electrons. The van der Waals surface area contributed by atoms with Gasteiger partial charge in [0, 0.05) is 33.4 Å². The van der Waals surface area contributed by atoms with Crippen molar-refractivity contribution in [3.05, 3.63) is 205 Å². The van der Waals surface area contributed by atoms with Crippen LogP contribution in [-0.4, -0.2) is 4.57 Å². The molecule has 2 heteroatoms. The van der Waals surface area contributed by atoms with Crippen molar-refractivity contribution in [1.29, 1.82) is 0 Å². The molecule has 0 saturated heterocycles. The molecule has 1 aromatic heterocycles. The average Bonchev–Trinajstić information content (AvgIpc) is 3.64. The van der Waals surface area contributed by atoms with E-state index in [1.807, 2.05) is 0 Å². The first-order chi connectivity index (χ1) is 30.2. The van der Waals surface area contributed by atoms with Crippen LogP contribution in [0.25, 0.3) is 60.9 Å². The average molecular weight is 787 g/mol. The summed E-state index contributed by atoms with van der Waals surface area (Å²) in [5.74, 6) is 3.34. The molecular formula is C59H50N2. The number of aromatic nitrogens is 1. The molecule has 0 aliphatic heterocycles. The van der Waals surface area contributed by atoms with Gasteiger partial charge in [0.2, 0.25) is 0 Å². The lowest BCUT2D eigenvalue weighted by Gasteiger charge is -2.42. The molecule has 0 amide bonds. The summed E-state index contributed by atoms with van der Waals surface area (Å²) in [4.78, 5) is 2.52. The molecule has 2 fully saturated rings. The van der Waals surface area contributed by atoms with Crippen LogP contribution >= 0.6 is 0 Å². The topological polar surface area (TPSA) is 8.17 Å². The highest BCUT2D eigenvalue weighted by atomic mass is 15.1. The molecule has 61 heavy (non-hydrogen) atoms. The third-order valence-electron chi connectivity index (χ3n) is 14.4. The van der Waals surface area contributed by atoms with Crippen LogP contribution in [0.15, 0.2) is 194 Å². The highest BCUT2D eigenvalue weighted by Gasteiger charge is 2.37. The third kappa shape index (κ3) is 6.57. The smallest absolute Gasteiger partial charge is 0.0541 e. The van der Waals surface area contributed by atoms with Gasteiger partial charge < -0.3 is 9.47 Å². The van der Waals surface area contributed by atoms with Crippen molar-refractivity contribution < 1.29 is 0 Å². The number of para-hydroxylation sites is 2. The quantitative estimate of drug-likeness (QED) is 0.163. The Balaban J connectivity index is 1.06. The van der Waals surface area contributed by atoms with E-state index < -0.39 is 0 Å². The summed E-state index contributed by atoms with van der Waals surface area (Å²) in [6, 6.07) is 72.5. The zero-order valence-corrected chi connectivity index (χ0v) is 34.6. The molecule has 2 unspecified atom stereocenters. The number of hydrogen-bond acceptors (Lipinski definition) is 1. The maximum Gasteiger partial charge on any atom is 0.0541 e. The van der Waals surface area contributed by atoms with E-state index in [2.05, 4.69) is 204 Å². The molecule has 4 bridgehead atoms. The second kappa shape index (κ2) is 15.1. The van der Waals surface area contributed by atoms with E-state index in [1.165, 1.54) is 111 Å². The van der Waals surface area contributed by atoms with Crippen LogP contribution in [-0.2, 0) is 12.8 Å². The van der Waals surface area contributed by atoms with Gasteiger partial charge in [0.15, 0.2) is 0 Å². The van der Waals surface area contributed by atoms with Gasteiger partial charge in [-0.05, 0) is 168 Å². The first kappa shape index (κ1) is 36.2. The fraction of sp³-hybridized carbons (Fsp3) is 0.186. The van der Waals surface area contributed by atoms with Gasteiger partial charge in [0.25, 0.3) is 0 Å². The molecule has 0 N–H and O–H groups in total. The largest absolute Gasteiger partial charge is 0.310 e. The Morgan fingerprint density at radius 2 is 0.902 bits per heavy atom. The van der Waals surface area contributed by atoms with E-state index >= 15 is 0 Å². The number of fused-ring (bicyclic) bond motifs is 3. The molecule has 2 saturated carbocycles. The summed E-state index contributed by atoms with van der Waals surface area (Å²) in [6.45, 7) is 0. The van der Waals surface area contributed by atoms with Crippen molar-refractivity contribution in [2.24, 2.45) is 23.7 Å². The SMILES string of the molecule is c1ccc(-c2ccc(N(c3ccc(-n4c5ccccc5c5ccccc54)cc3)c3ccc4c(c3)-c3ccccc3CC3CC5CC(C4)CC(C3)C5)c(-c3ccccc3)c2)cc1. The lowest BCUT2D eigenvalue weighted by Crippen LogP contribution is -2.32. The van der Waals surface area contributed by atoms with Gasteiger partial charge in [-0.3, -0.25) is 0 Å². The third-order valence-corrected chi connectivity index (χ3v) is 14.4. The molecule has 9 aromatic rings. The molecule has 1 heterocycles. The summed E-state index contributed by atoms with van der Waals surface area (Å²) in [5, 5.41) is 2.55. The van der Waals surface area contributed by atoms with Gasteiger partial charge >= 0.3 is 0 Å². The Kier molecular flexibility index (Phi) is 8.98. The van der Waals surface area contributed by atoms with Gasteiger partial charge in [0.1, 0.15) is 0 Å². The van der Waals surface area contributed by atoms with Gasteiger partial charge in [-0.15, -0.1) is 0 Å². The van der Waals surface area contributed by atoms with Crippen molar-refractivity contribution in [2.75, 3.05) is 4.90 Å². The van der Waals surface area contributed by atoms with Crippen molar-refractivity contribution in [1.82, 2.24) is 4.57 Å². The first-order valence-corrected chi connectivity index (χ1v) is 22.5. The zero-order chi connectivity index (χ0) is 40.3. The van der Waals surface area contributed by atoms with Gasteiger partial charge in [-0.25, -0.2) is 0 Å². The Morgan fingerprint density at radius 3 is 1.57 bits per heavy atom. The second-order valence-electron chi connectivity index (χ2n) is 18.2. The summed E-state index contributed by atoms with van der Waals surface area (Å²) in [5.41, 5.74) is 17.8. The van der Waals surface area contributed by atoms with Crippen LogP contribution < -0.4 is 4.90 Å². The molecular weight excluding hydrogens is 737 g/mol. The highest BCUT2D eigenvalue weighted by Crippen LogP contribution is 2.50. The minimum atomic E-state index is 0.763. The summed E-state index contributed by atoms with van der Waals surface area (Å²) in [7, 11) is 0. The van der Waals surface area contributed by atoms with E-state index in [0.717, 1.165) is 47.2 Å².